The van der Waals surface area contributed by atoms with Crippen molar-refractivity contribution >= 4 is 18.5 Å². The van der Waals surface area contributed by atoms with Crippen molar-refractivity contribution in [3.8, 4) is 0 Å². The van der Waals surface area contributed by atoms with Crippen molar-refractivity contribution in [1.29, 1.82) is 0 Å². The topological polar surface area (TPSA) is 57.5 Å². The molecule has 0 unspecified atom stereocenters. The van der Waals surface area contributed by atoms with Gasteiger partial charge in [0, 0.05) is 0 Å². The molecule has 0 radical (unpaired) electrons. The Morgan fingerprint density at radius 2 is 1.83 bits per heavy atom. The summed E-state index contributed by atoms with van der Waals surface area (Å²) in [6.07, 6.45) is 0. The normalized spacial score (nSPS) is 11.7. The Hall–Kier alpha value is -0.502. The quantitative estimate of drug-likeness (QED) is 0.660. The van der Waals surface area contributed by atoms with Gasteiger partial charge in [-0.1, -0.05) is 0 Å². The van der Waals surface area contributed by atoms with E-state index in [4.69, 9.17) is 8.19 Å². The van der Waals surface area contributed by atoms with Crippen molar-refractivity contribution in [3.63, 3.8) is 0 Å². The van der Waals surface area contributed by atoms with Gasteiger partial charge in [-0.05, 0) is 0 Å². The summed E-state index contributed by atoms with van der Waals surface area (Å²) < 4.78 is 29.1. The average molecular weight is 230 g/mol. The van der Waals surface area contributed by atoms with Gasteiger partial charge in [-0.2, -0.15) is 0 Å². The van der Waals surface area contributed by atoms with Gasteiger partial charge >= 0.3 is 73.6 Å². The van der Waals surface area contributed by atoms with Crippen molar-refractivity contribution in [2.45, 2.75) is 13.8 Å². The number of rotatable bonds is 1. The Morgan fingerprint density at radius 1 is 1.25 bits per heavy atom. The molecule has 1 rings (SSSR count). The molecule has 3 nitrogen and oxygen atoms in total. The maximum absolute atomic E-state index is 11.0. The predicted molar refractivity (Wildman–Crippen MR) is 46.4 cm³/mol. The Bertz CT molecular complexity index is 340. The third-order valence-corrected chi connectivity index (χ3v) is 4.22. The van der Waals surface area contributed by atoms with Crippen LogP contribution in [0.15, 0.2) is 18.2 Å². The number of hydrogen-bond acceptors (Lipinski definition) is 1. The predicted octanol–water partition coefficient (Wildman–Crippen LogP) is -0.136. The first-order chi connectivity index (χ1) is 5.43. The van der Waals surface area contributed by atoms with E-state index < -0.39 is 14.2 Å². The summed E-state index contributed by atoms with van der Waals surface area (Å²) in [5, 5.41) is 0. The summed E-state index contributed by atoms with van der Waals surface area (Å²) in [6, 6.07) is 4.99. The van der Waals surface area contributed by atoms with Crippen molar-refractivity contribution in [1.82, 2.24) is 0 Å². The number of benzene rings is 1. The molecule has 0 aliphatic heterocycles. The molecule has 0 atom stereocenters. The maximum atomic E-state index is 11.0. The van der Waals surface area contributed by atoms with Gasteiger partial charge in [0.2, 0.25) is 0 Å². The van der Waals surface area contributed by atoms with E-state index in [-0.39, 0.29) is 4.35 Å². The summed E-state index contributed by atoms with van der Waals surface area (Å²) in [7, 11) is 0. The molecule has 0 bridgehead atoms. The Morgan fingerprint density at radius 3 is 2.25 bits per heavy atom. The first kappa shape index (κ1) is 9.59. The molecule has 0 fully saturated rings. The summed E-state index contributed by atoms with van der Waals surface area (Å²) >= 11 is -4.69. The van der Waals surface area contributed by atoms with Gasteiger partial charge in [-0.3, -0.25) is 0 Å². The average Bonchev–Trinajstić information content (AvgIpc) is 1.92. The van der Waals surface area contributed by atoms with Crippen molar-refractivity contribution in [2.24, 2.45) is 0 Å². The van der Waals surface area contributed by atoms with E-state index in [9.17, 15) is 3.74 Å². The van der Waals surface area contributed by atoms with Gasteiger partial charge in [-0.25, -0.2) is 0 Å². The molecule has 12 heavy (non-hydrogen) atoms. The molecule has 2 N–H and O–H groups in total. The zero-order valence-corrected chi connectivity index (χ0v) is 8.86. The van der Waals surface area contributed by atoms with Crippen LogP contribution in [0, 0.1) is 13.8 Å². The SMILES string of the molecule is Cc1cccc([As](=O)(O)O)c1C. The van der Waals surface area contributed by atoms with Crippen LogP contribution < -0.4 is 4.35 Å². The number of aryl methyl sites for hydroxylation is 1. The zero-order valence-electron chi connectivity index (χ0n) is 6.98. The van der Waals surface area contributed by atoms with E-state index >= 15 is 0 Å². The Kier molecular flexibility index (Phi) is 2.47. The summed E-state index contributed by atoms with van der Waals surface area (Å²) in [5.41, 5.74) is 1.61. The molecule has 0 heterocycles. The molecule has 4 heteroatoms. The van der Waals surface area contributed by atoms with Crippen LogP contribution in [0.3, 0.4) is 0 Å². The molecule has 0 saturated heterocycles. The van der Waals surface area contributed by atoms with Crippen LogP contribution in [-0.2, 0) is 3.74 Å². The van der Waals surface area contributed by atoms with E-state index in [0.717, 1.165) is 5.56 Å². The zero-order chi connectivity index (χ0) is 9.35. The van der Waals surface area contributed by atoms with Crippen LogP contribution in [0.2, 0.25) is 0 Å². The van der Waals surface area contributed by atoms with Gasteiger partial charge in [0.15, 0.2) is 0 Å². The summed E-state index contributed by atoms with van der Waals surface area (Å²) in [5.74, 6) is 0. The van der Waals surface area contributed by atoms with E-state index in [0.29, 0.717) is 5.56 Å². The number of hydrogen-bond donors (Lipinski definition) is 2. The van der Waals surface area contributed by atoms with E-state index in [1.165, 1.54) is 6.07 Å². The molecule has 1 aromatic carbocycles. The van der Waals surface area contributed by atoms with Crippen LogP contribution in [0.4, 0.5) is 0 Å². The van der Waals surface area contributed by atoms with E-state index in [1.807, 2.05) is 13.0 Å². The van der Waals surface area contributed by atoms with Crippen LogP contribution in [0.25, 0.3) is 0 Å². The third-order valence-electron chi connectivity index (χ3n) is 1.89. The second kappa shape index (κ2) is 3.09. The Balaban J connectivity index is 3.36. The van der Waals surface area contributed by atoms with Crippen LogP contribution in [0.1, 0.15) is 11.1 Å². The van der Waals surface area contributed by atoms with Crippen LogP contribution >= 0.6 is 0 Å². The van der Waals surface area contributed by atoms with Gasteiger partial charge in [-0.15, -0.1) is 0 Å². The molecule has 0 spiro atoms. The molecule has 0 aromatic heterocycles. The standard InChI is InChI=1S/C8H11AsO3/c1-6-4-3-5-8(7(6)2)9(10,11)12/h3-5H,1-2H3,(H2,10,11,12). The van der Waals surface area contributed by atoms with Gasteiger partial charge in [0.1, 0.15) is 0 Å². The fourth-order valence-electron chi connectivity index (χ4n) is 1.05. The first-order valence-corrected chi connectivity index (χ1v) is 6.93. The first-order valence-electron chi connectivity index (χ1n) is 3.55. The molecule has 1 aromatic rings. The van der Waals surface area contributed by atoms with Gasteiger partial charge < -0.3 is 0 Å². The van der Waals surface area contributed by atoms with Crippen molar-refractivity contribution in [3.05, 3.63) is 29.3 Å². The Labute approximate surface area is 74.0 Å². The summed E-state index contributed by atoms with van der Waals surface area (Å²) in [4.78, 5) is 0. The van der Waals surface area contributed by atoms with Gasteiger partial charge in [0.05, 0.1) is 0 Å². The van der Waals surface area contributed by atoms with Gasteiger partial charge in [0.25, 0.3) is 0 Å². The van der Waals surface area contributed by atoms with E-state index in [1.54, 1.807) is 13.0 Å². The second-order valence-corrected chi connectivity index (χ2v) is 6.06. The fourth-order valence-corrected chi connectivity index (χ4v) is 2.93. The van der Waals surface area contributed by atoms with Crippen molar-refractivity contribution in [2.75, 3.05) is 0 Å². The molecular formula is C8H11AsO3. The van der Waals surface area contributed by atoms with E-state index in [2.05, 4.69) is 0 Å². The molecule has 0 aliphatic carbocycles. The molecule has 0 amide bonds. The van der Waals surface area contributed by atoms with Crippen LogP contribution in [-0.4, -0.2) is 22.4 Å². The monoisotopic (exact) mass is 230 g/mol. The molecular weight excluding hydrogens is 219 g/mol. The molecule has 66 valence electrons. The second-order valence-electron chi connectivity index (χ2n) is 2.76. The fraction of sp³-hybridized carbons (Fsp3) is 0.250. The van der Waals surface area contributed by atoms with Crippen LogP contribution in [0.5, 0.6) is 0 Å². The van der Waals surface area contributed by atoms with Crippen molar-refractivity contribution < 1.29 is 11.9 Å². The molecule has 0 saturated carbocycles. The minimum atomic E-state index is -4.69. The molecule has 0 aliphatic rings. The minimum absolute atomic E-state index is 0.188. The third kappa shape index (κ3) is 1.80. The summed E-state index contributed by atoms with van der Waals surface area (Å²) in [6.45, 7) is 3.56.